The van der Waals surface area contributed by atoms with Crippen LogP contribution in [0.25, 0.3) is 0 Å². The minimum atomic E-state index is -0.172. The second kappa shape index (κ2) is 5.64. The van der Waals surface area contributed by atoms with E-state index in [1.807, 2.05) is 0 Å². The van der Waals surface area contributed by atoms with Crippen LogP contribution in [0, 0.1) is 12.3 Å². The molecule has 0 aliphatic heterocycles. The van der Waals surface area contributed by atoms with E-state index in [4.69, 9.17) is 0 Å². The first-order chi connectivity index (χ1) is 4.04. The molecule has 0 fully saturated rings. The molecule has 62 valence electrons. The quantitative estimate of drug-likeness (QED) is 0.414. The van der Waals surface area contributed by atoms with Gasteiger partial charge in [0.05, 0.1) is 0 Å². The second-order valence-corrected chi connectivity index (χ2v) is 2.31. The number of hydrogen-bond donors (Lipinski definition) is 0. The molecule has 0 spiro atoms. The fourth-order valence-corrected chi connectivity index (χ4v) is 0.367. The Morgan fingerprint density at radius 3 is 1.80 bits per heavy atom. The Labute approximate surface area is 75.0 Å². The predicted molar refractivity (Wildman–Crippen MR) is 34.8 cm³/mol. The fourth-order valence-electron chi connectivity index (χ4n) is 0.367. The normalized spacial score (nSPS) is 8.40. The maximum Gasteiger partial charge on any atom is 0.00785 e. The maximum absolute atomic E-state index is 10.7. The molecular formula is C7H11O2Pd-. The van der Waals surface area contributed by atoms with E-state index in [0.717, 1.165) is 6.42 Å². The maximum atomic E-state index is 10.7. The van der Waals surface area contributed by atoms with Gasteiger partial charge in [-0.2, -0.15) is 0 Å². The number of carbonyl (C=O) groups excluding carboxylic acids is 2. The van der Waals surface area contributed by atoms with E-state index < -0.39 is 0 Å². The summed E-state index contributed by atoms with van der Waals surface area (Å²) in [6.45, 7) is 4.91. The first kappa shape index (κ1) is 12.5. The van der Waals surface area contributed by atoms with Crippen LogP contribution in [0.2, 0.25) is 0 Å². The molecule has 0 atom stereocenters. The molecule has 10 heavy (non-hydrogen) atoms. The van der Waals surface area contributed by atoms with Crippen LogP contribution in [0.15, 0.2) is 0 Å². The van der Waals surface area contributed by atoms with Gasteiger partial charge in [0.15, 0.2) is 0 Å². The molecule has 0 heterocycles. The van der Waals surface area contributed by atoms with Crippen molar-refractivity contribution in [3.63, 3.8) is 0 Å². The summed E-state index contributed by atoms with van der Waals surface area (Å²) in [5, 5.41) is 0. The van der Waals surface area contributed by atoms with E-state index in [1.54, 1.807) is 13.8 Å². The predicted octanol–water partition coefficient (Wildman–Crippen LogP) is 1.00. The first-order valence-corrected chi connectivity index (χ1v) is 2.93. The summed E-state index contributed by atoms with van der Waals surface area (Å²) in [6, 6.07) is 0. The van der Waals surface area contributed by atoms with Crippen molar-refractivity contribution in [2.75, 3.05) is 0 Å². The van der Waals surface area contributed by atoms with Crippen molar-refractivity contribution in [1.29, 1.82) is 0 Å². The standard InChI is InChI=1S/C7H11O2.Pd/c1-5(2)7(9)4-6(3)8;/h4-5H,1-3H3;/q-1;. The van der Waals surface area contributed by atoms with Gasteiger partial charge in [0.25, 0.3) is 0 Å². The monoisotopic (exact) mass is 233 g/mol. The molecule has 3 heteroatoms. The van der Waals surface area contributed by atoms with E-state index in [9.17, 15) is 9.59 Å². The summed E-state index contributed by atoms with van der Waals surface area (Å²) >= 11 is 0. The van der Waals surface area contributed by atoms with Crippen molar-refractivity contribution in [1.82, 2.24) is 0 Å². The summed E-state index contributed by atoms with van der Waals surface area (Å²) in [5.74, 6) is -0.329. The van der Waals surface area contributed by atoms with Crippen molar-refractivity contribution in [2.24, 2.45) is 5.92 Å². The number of ketones is 2. The SMILES string of the molecule is CC(=O)[CH-]C(=O)C(C)C.[Pd]. The van der Waals surface area contributed by atoms with Gasteiger partial charge >= 0.3 is 0 Å². The van der Waals surface area contributed by atoms with Crippen LogP contribution in [0.5, 0.6) is 0 Å². The van der Waals surface area contributed by atoms with Gasteiger partial charge in [-0.3, -0.25) is 6.42 Å². The molecule has 0 aliphatic rings. The molecule has 0 bridgehead atoms. The molecule has 2 nitrogen and oxygen atoms in total. The van der Waals surface area contributed by atoms with Gasteiger partial charge in [-0.25, -0.2) is 0 Å². The van der Waals surface area contributed by atoms with Gasteiger partial charge in [0, 0.05) is 32.0 Å². The number of Topliss-reactive ketones (excluding diaryl/α,β-unsaturated/α-hetero) is 2. The zero-order valence-corrected chi connectivity index (χ0v) is 7.84. The van der Waals surface area contributed by atoms with Crippen LogP contribution in [0.3, 0.4) is 0 Å². The fraction of sp³-hybridized carbons (Fsp3) is 0.571. The molecule has 0 amide bonds. The first-order valence-electron chi connectivity index (χ1n) is 2.93. The van der Waals surface area contributed by atoms with E-state index in [1.165, 1.54) is 6.92 Å². The van der Waals surface area contributed by atoms with Gasteiger partial charge < -0.3 is 9.59 Å². The van der Waals surface area contributed by atoms with Crippen molar-refractivity contribution in [2.45, 2.75) is 20.8 Å². The molecule has 0 rings (SSSR count). The van der Waals surface area contributed by atoms with Crippen molar-refractivity contribution >= 4 is 11.6 Å². The molecule has 0 aromatic rings. The molecule has 0 aromatic heterocycles. The zero-order valence-electron chi connectivity index (χ0n) is 6.29. The minimum absolute atomic E-state index is 0. The smallest absolute Gasteiger partial charge is 0.00785 e. The molecule has 0 saturated carbocycles. The van der Waals surface area contributed by atoms with E-state index in [0.29, 0.717) is 0 Å². The van der Waals surface area contributed by atoms with E-state index in [2.05, 4.69) is 0 Å². The van der Waals surface area contributed by atoms with Crippen LogP contribution in [0.1, 0.15) is 20.8 Å². The Morgan fingerprint density at radius 1 is 1.30 bits per heavy atom. The Morgan fingerprint density at radius 2 is 1.70 bits per heavy atom. The third kappa shape index (κ3) is 6.00. The van der Waals surface area contributed by atoms with Crippen molar-refractivity contribution in [3.8, 4) is 0 Å². The molecule has 0 radical (unpaired) electrons. The van der Waals surface area contributed by atoms with Crippen LogP contribution in [0.4, 0.5) is 0 Å². The third-order valence-electron chi connectivity index (χ3n) is 0.915. The average Bonchev–Trinajstić information content (AvgIpc) is 1.63. The van der Waals surface area contributed by atoms with E-state index in [-0.39, 0.29) is 37.9 Å². The Bertz CT molecular complexity index is 130. The average molecular weight is 234 g/mol. The Balaban J connectivity index is 0. The minimum Gasteiger partial charge on any atom is -0.334 e. The zero-order chi connectivity index (χ0) is 7.44. The molecular weight excluding hydrogens is 222 g/mol. The van der Waals surface area contributed by atoms with Crippen LogP contribution < -0.4 is 0 Å². The third-order valence-corrected chi connectivity index (χ3v) is 0.915. The van der Waals surface area contributed by atoms with Gasteiger partial charge in [-0.05, 0) is 12.8 Å². The topological polar surface area (TPSA) is 34.1 Å². The summed E-state index contributed by atoms with van der Waals surface area (Å²) < 4.78 is 0. The molecule has 0 aromatic carbocycles. The number of carbonyl (C=O) groups is 2. The van der Waals surface area contributed by atoms with Crippen molar-refractivity contribution in [3.05, 3.63) is 6.42 Å². The second-order valence-electron chi connectivity index (χ2n) is 2.31. The molecule has 0 unspecified atom stereocenters. The Kier molecular flexibility index (Phi) is 7.07. The summed E-state index contributed by atoms with van der Waals surface area (Å²) in [5.41, 5.74) is 0. The number of hydrogen-bond acceptors (Lipinski definition) is 2. The van der Waals surface area contributed by atoms with Crippen LogP contribution >= 0.6 is 0 Å². The Hall–Kier alpha value is -0.128. The number of rotatable bonds is 3. The van der Waals surface area contributed by atoms with Gasteiger partial charge in [-0.1, -0.05) is 13.8 Å². The van der Waals surface area contributed by atoms with Crippen LogP contribution in [-0.2, 0) is 30.0 Å². The van der Waals surface area contributed by atoms with Gasteiger partial charge in [-0.15, -0.1) is 0 Å². The molecule has 0 saturated heterocycles. The molecule has 0 N–H and O–H groups in total. The summed E-state index contributed by atoms with van der Waals surface area (Å²) in [7, 11) is 0. The van der Waals surface area contributed by atoms with Crippen molar-refractivity contribution < 1.29 is 30.0 Å². The summed E-state index contributed by atoms with van der Waals surface area (Å²) in [6.07, 6.45) is 1.13. The summed E-state index contributed by atoms with van der Waals surface area (Å²) in [4.78, 5) is 21.0. The van der Waals surface area contributed by atoms with Crippen LogP contribution in [-0.4, -0.2) is 11.6 Å². The van der Waals surface area contributed by atoms with Gasteiger partial charge in [0.1, 0.15) is 0 Å². The van der Waals surface area contributed by atoms with E-state index >= 15 is 0 Å². The molecule has 0 aliphatic carbocycles. The van der Waals surface area contributed by atoms with Gasteiger partial charge in [0.2, 0.25) is 0 Å². The largest absolute Gasteiger partial charge is 0.334 e.